The van der Waals surface area contributed by atoms with E-state index in [1.807, 2.05) is 38.1 Å². The minimum absolute atomic E-state index is 0.976. The van der Waals surface area contributed by atoms with Crippen molar-refractivity contribution in [3.8, 4) is 5.69 Å². The Bertz CT molecular complexity index is 425. The minimum atomic E-state index is 0.976. The van der Waals surface area contributed by atoms with Crippen LogP contribution in [0.1, 0.15) is 11.4 Å². The lowest BCUT2D eigenvalue weighted by Crippen LogP contribution is -1.98. The summed E-state index contributed by atoms with van der Waals surface area (Å²) in [5, 5.41) is 8.63. The van der Waals surface area contributed by atoms with E-state index in [0.717, 1.165) is 17.1 Å². The zero-order chi connectivity index (χ0) is 10.1. The molecule has 0 saturated carbocycles. The average molecular weight is 299 g/mol. The maximum atomic E-state index is 4.31. The fourth-order valence-electron chi connectivity index (χ4n) is 1.14. The second-order valence-electron chi connectivity index (χ2n) is 3.14. The lowest BCUT2D eigenvalue weighted by atomic mass is 10.3. The summed E-state index contributed by atoms with van der Waals surface area (Å²) >= 11 is 2.28. The third-order valence-electron chi connectivity index (χ3n) is 2.07. The van der Waals surface area contributed by atoms with E-state index in [4.69, 9.17) is 0 Å². The topological polar surface area (TPSA) is 30.7 Å². The van der Waals surface area contributed by atoms with Gasteiger partial charge in [-0.15, -0.1) is 0 Å². The molecular formula is C10H10IN3. The van der Waals surface area contributed by atoms with Gasteiger partial charge in [0.05, 0.1) is 17.1 Å². The monoisotopic (exact) mass is 299 g/mol. The average Bonchev–Trinajstić information content (AvgIpc) is 2.48. The molecule has 14 heavy (non-hydrogen) atoms. The minimum Gasteiger partial charge on any atom is -0.153 e. The van der Waals surface area contributed by atoms with Crippen LogP contribution in [0.3, 0.4) is 0 Å². The molecule has 0 bridgehead atoms. The first-order valence-corrected chi connectivity index (χ1v) is 5.41. The molecule has 4 heteroatoms. The molecule has 0 fully saturated rings. The number of hydrogen-bond donors (Lipinski definition) is 0. The van der Waals surface area contributed by atoms with E-state index >= 15 is 0 Å². The second kappa shape index (κ2) is 3.68. The first-order valence-electron chi connectivity index (χ1n) is 4.33. The van der Waals surface area contributed by atoms with Crippen molar-refractivity contribution in [1.29, 1.82) is 0 Å². The van der Waals surface area contributed by atoms with Crippen molar-refractivity contribution in [2.24, 2.45) is 0 Å². The molecule has 0 spiro atoms. The maximum absolute atomic E-state index is 4.31. The highest BCUT2D eigenvalue weighted by atomic mass is 127. The predicted molar refractivity (Wildman–Crippen MR) is 63.6 cm³/mol. The van der Waals surface area contributed by atoms with Gasteiger partial charge in [0.1, 0.15) is 0 Å². The van der Waals surface area contributed by atoms with Crippen LogP contribution in [0, 0.1) is 17.4 Å². The number of benzene rings is 1. The Morgan fingerprint density at radius 2 is 1.50 bits per heavy atom. The summed E-state index contributed by atoms with van der Waals surface area (Å²) in [6.07, 6.45) is 0. The highest BCUT2D eigenvalue weighted by Crippen LogP contribution is 2.10. The Kier molecular flexibility index (Phi) is 2.54. The van der Waals surface area contributed by atoms with Crippen LogP contribution in [-0.4, -0.2) is 15.0 Å². The Morgan fingerprint density at radius 1 is 1.00 bits per heavy atom. The molecule has 0 amide bonds. The summed E-state index contributed by atoms with van der Waals surface area (Å²) in [5.74, 6) is 0. The van der Waals surface area contributed by atoms with E-state index in [1.54, 1.807) is 4.80 Å². The molecule has 0 aliphatic rings. The summed E-state index contributed by atoms with van der Waals surface area (Å²) in [6.45, 7) is 3.93. The lowest BCUT2D eigenvalue weighted by Gasteiger charge is -1.98. The van der Waals surface area contributed by atoms with Crippen LogP contribution in [0.5, 0.6) is 0 Å². The molecule has 1 aromatic carbocycles. The van der Waals surface area contributed by atoms with Crippen LogP contribution in [-0.2, 0) is 0 Å². The Labute approximate surface area is 96.3 Å². The van der Waals surface area contributed by atoms with Gasteiger partial charge < -0.3 is 0 Å². The van der Waals surface area contributed by atoms with Crippen molar-refractivity contribution in [1.82, 2.24) is 15.0 Å². The zero-order valence-electron chi connectivity index (χ0n) is 8.03. The van der Waals surface area contributed by atoms with Crippen molar-refractivity contribution in [3.05, 3.63) is 39.2 Å². The van der Waals surface area contributed by atoms with E-state index < -0.39 is 0 Å². The maximum Gasteiger partial charge on any atom is 0.0857 e. The standard InChI is InChI=1S/C10H10IN3/c1-7-8(2)13-14(12-7)10-5-3-9(11)4-6-10/h3-6H,1-2H3. The highest BCUT2D eigenvalue weighted by Gasteiger charge is 2.03. The van der Waals surface area contributed by atoms with Gasteiger partial charge >= 0.3 is 0 Å². The van der Waals surface area contributed by atoms with Gasteiger partial charge in [0.15, 0.2) is 0 Å². The number of halogens is 1. The summed E-state index contributed by atoms with van der Waals surface area (Å²) in [6, 6.07) is 8.12. The normalized spacial score (nSPS) is 10.5. The van der Waals surface area contributed by atoms with Gasteiger partial charge in [-0.3, -0.25) is 0 Å². The Morgan fingerprint density at radius 3 is 2.00 bits per heavy atom. The van der Waals surface area contributed by atoms with E-state index in [9.17, 15) is 0 Å². The highest BCUT2D eigenvalue weighted by molar-refractivity contribution is 14.1. The van der Waals surface area contributed by atoms with Crippen molar-refractivity contribution in [2.75, 3.05) is 0 Å². The fourth-order valence-corrected chi connectivity index (χ4v) is 1.50. The molecule has 72 valence electrons. The van der Waals surface area contributed by atoms with Crippen molar-refractivity contribution < 1.29 is 0 Å². The molecule has 1 aromatic heterocycles. The van der Waals surface area contributed by atoms with Gasteiger partial charge in [-0.1, -0.05) is 0 Å². The Hall–Kier alpha value is -0.910. The Balaban J connectivity index is 2.44. The van der Waals surface area contributed by atoms with Crippen LogP contribution in [0.4, 0.5) is 0 Å². The molecule has 2 rings (SSSR count). The number of rotatable bonds is 1. The smallest absolute Gasteiger partial charge is 0.0857 e. The molecule has 3 nitrogen and oxygen atoms in total. The van der Waals surface area contributed by atoms with Crippen molar-refractivity contribution >= 4 is 22.6 Å². The fraction of sp³-hybridized carbons (Fsp3) is 0.200. The number of hydrogen-bond acceptors (Lipinski definition) is 2. The molecule has 0 atom stereocenters. The third-order valence-corrected chi connectivity index (χ3v) is 2.79. The van der Waals surface area contributed by atoms with Crippen LogP contribution in [0.2, 0.25) is 0 Å². The van der Waals surface area contributed by atoms with Gasteiger partial charge in [0.2, 0.25) is 0 Å². The van der Waals surface area contributed by atoms with Crippen LogP contribution >= 0.6 is 22.6 Å². The number of aryl methyl sites for hydroxylation is 2. The molecule has 2 aromatic rings. The van der Waals surface area contributed by atoms with E-state index in [0.29, 0.717) is 0 Å². The lowest BCUT2D eigenvalue weighted by molar-refractivity contribution is 0.741. The summed E-state index contributed by atoms with van der Waals surface area (Å²) in [5.41, 5.74) is 2.95. The van der Waals surface area contributed by atoms with Crippen molar-refractivity contribution in [3.63, 3.8) is 0 Å². The van der Waals surface area contributed by atoms with Crippen LogP contribution in [0.25, 0.3) is 5.69 Å². The molecule has 0 saturated heterocycles. The quantitative estimate of drug-likeness (QED) is 0.757. The molecule has 1 heterocycles. The zero-order valence-corrected chi connectivity index (χ0v) is 10.2. The van der Waals surface area contributed by atoms with E-state index in [-0.39, 0.29) is 0 Å². The SMILES string of the molecule is Cc1nn(-c2ccc(I)cc2)nc1C. The van der Waals surface area contributed by atoms with E-state index in [2.05, 4.69) is 32.8 Å². The number of aromatic nitrogens is 3. The number of nitrogens with zero attached hydrogens (tertiary/aromatic N) is 3. The summed E-state index contributed by atoms with van der Waals surface area (Å²) < 4.78 is 1.21. The predicted octanol–water partition coefficient (Wildman–Crippen LogP) is 2.49. The van der Waals surface area contributed by atoms with Crippen LogP contribution in [0.15, 0.2) is 24.3 Å². The van der Waals surface area contributed by atoms with E-state index in [1.165, 1.54) is 3.57 Å². The second-order valence-corrected chi connectivity index (χ2v) is 4.38. The molecule has 0 aliphatic carbocycles. The molecule has 0 unspecified atom stereocenters. The van der Waals surface area contributed by atoms with Gasteiger partial charge in [0, 0.05) is 3.57 Å². The van der Waals surface area contributed by atoms with Gasteiger partial charge in [-0.2, -0.15) is 15.0 Å². The van der Waals surface area contributed by atoms with Gasteiger partial charge in [-0.05, 0) is 60.7 Å². The van der Waals surface area contributed by atoms with Crippen LogP contribution < -0.4 is 0 Å². The first-order chi connectivity index (χ1) is 6.66. The van der Waals surface area contributed by atoms with Gasteiger partial charge in [0.25, 0.3) is 0 Å². The third kappa shape index (κ3) is 1.79. The summed E-state index contributed by atoms with van der Waals surface area (Å²) in [4.78, 5) is 1.67. The van der Waals surface area contributed by atoms with Gasteiger partial charge in [-0.25, -0.2) is 0 Å². The first kappa shape index (κ1) is 9.64. The molecular weight excluding hydrogens is 289 g/mol. The van der Waals surface area contributed by atoms with Crippen molar-refractivity contribution in [2.45, 2.75) is 13.8 Å². The molecule has 0 radical (unpaired) electrons. The molecule has 0 aliphatic heterocycles. The largest absolute Gasteiger partial charge is 0.153 e. The molecule has 0 N–H and O–H groups in total. The summed E-state index contributed by atoms with van der Waals surface area (Å²) in [7, 11) is 0.